The number of amides is 1. The van der Waals surface area contributed by atoms with Crippen LogP contribution in [0.2, 0.25) is 0 Å². The van der Waals surface area contributed by atoms with Crippen molar-refractivity contribution >= 4 is 11.6 Å². The maximum atomic E-state index is 12.8. The van der Waals surface area contributed by atoms with Crippen LogP contribution < -0.4 is 5.32 Å². The molecule has 1 unspecified atom stereocenters. The maximum absolute atomic E-state index is 12.8. The first-order valence-corrected chi connectivity index (χ1v) is 5.77. The zero-order valence-corrected chi connectivity index (χ0v) is 10.7. The number of rotatable bonds is 2. The topological polar surface area (TPSA) is 81.5 Å². The third kappa shape index (κ3) is 2.69. The van der Waals surface area contributed by atoms with E-state index in [9.17, 15) is 41.3 Å². The summed E-state index contributed by atoms with van der Waals surface area (Å²) in [6, 6.07) is 3.33. The lowest BCUT2D eigenvalue weighted by molar-refractivity contribution is -0.385. The Hall–Kier alpha value is -2.37. The Bertz CT molecular complexity index is 625. The first kappa shape index (κ1) is 17.0. The van der Waals surface area contributed by atoms with Gasteiger partial charge < -0.3 is 10.1 Å². The van der Waals surface area contributed by atoms with Crippen LogP contribution in [0.25, 0.3) is 0 Å². The molecule has 1 saturated heterocycles. The molecule has 0 spiro atoms. The van der Waals surface area contributed by atoms with Gasteiger partial charge in [0.05, 0.1) is 4.92 Å². The molecule has 1 N–H and O–H groups in total. The highest BCUT2D eigenvalue weighted by Gasteiger charge is 2.77. The van der Waals surface area contributed by atoms with Gasteiger partial charge in [-0.1, -0.05) is 0 Å². The monoisotopic (exact) mass is 344 g/mol. The van der Waals surface area contributed by atoms with Crippen molar-refractivity contribution in [2.45, 2.75) is 24.2 Å². The number of nitrogens with one attached hydrogen (secondary N) is 1. The molecule has 1 atom stereocenters. The first-order valence-electron chi connectivity index (χ1n) is 5.77. The van der Waals surface area contributed by atoms with Gasteiger partial charge in [0.15, 0.2) is 6.10 Å². The molecule has 0 radical (unpaired) electrons. The van der Waals surface area contributed by atoms with Crippen LogP contribution in [0.3, 0.4) is 0 Å². The molecule has 23 heavy (non-hydrogen) atoms. The van der Waals surface area contributed by atoms with Crippen LogP contribution in [0.1, 0.15) is 11.7 Å². The van der Waals surface area contributed by atoms with E-state index >= 15 is 0 Å². The molecule has 1 aliphatic heterocycles. The van der Waals surface area contributed by atoms with Gasteiger partial charge in [0.2, 0.25) is 0 Å². The van der Waals surface area contributed by atoms with Crippen molar-refractivity contribution < 1.29 is 40.8 Å². The number of carbonyl (C=O) groups excluding carboxylic acids is 1. The van der Waals surface area contributed by atoms with Gasteiger partial charge >= 0.3 is 18.1 Å². The van der Waals surface area contributed by atoms with Gasteiger partial charge in [-0.3, -0.25) is 14.9 Å². The van der Waals surface area contributed by atoms with Crippen molar-refractivity contribution in [1.29, 1.82) is 0 Å². The summed E-state index contributed by atoms with van der Waals surface area (Å²) in [5, 5.41) is 11.2. The number of nitro benzene ring substituents is 1. The van der Waals surface area contributed by atoms with Crippen LogP contribution in [0.4, 0.5) is 32.0 Å². The van der Waals surface area contributed by atoms with Gasteiger partial charge in [-0.15, -0.1) is 0 Å². The Kier molecular flexibility index (Phi) is 3.75. The van der Waals surface area contributed by atoms with Crippen LogP contribution in [-0.2, 0) is 9.53 Å². The van der Waals surface area contributed by atoms with Gasteiger partial charge in [-0.2, -0.15) is 26.3 Å². The Morgan fingerprint density at radius 2 is 1.57 bits per heavy atom. The second kappa shape index (κ2) is 5.08. The van der Waals surface area contributed by atoms with E-state index in [0.29, 0.717) is 0 Å². The predicted octanol–water partition coefficient (Wildman–Crippen LogP) is 2.60. The maximum Gasteiger partial charge on any atom is 0.446 e. The summed E-state index contributed by atoms with van der Waals surface area (Å²) < 4.78 is 80.8. The summed E-state index contributed by atoms with van der Waals surface area (Å²) in [6.07, 6.45) is -14.1. The van der Waals surface area contributed by atoms with E-state index in [-0.39, 0.29) is 5.56 Å². The van der Waals surface area contributed by atoms with Crippen molar-refractivity contribution in [3.63, 3.8) is 0 Å². The Morgan fingerprint density at radius 1 is 1.09 bits per heavy atom. The second-order valence-corrected chi connectivity index (χ2v) is 4.51. The summed E-state index contributed by atoms with van der Waals surface area (Å²) in [5.74, 6) is -1.66. The van der Waals surface area contributed by atoms with Gasteiger partial charge in [0, 0.05) is 12.1 Å². The van der Waals surface area contributed by atoms with Crippen LogP contribution in [0, 0.1) is 10.1 Å². The highest BCUT2D eigenvalue weighted by atomic mass is 19.4. The molecule has 12 heteroatoms. The number of nitro groups is 1. The molecule has 1 aromatic rings. The fraction of sp³-hybridized carbons (Fsp3) is 0.364. The minimum atomic E-state index is -5.95. The summed E-state index contributed by atoms with van der Waals surface area (Å²) >= 11 is 0. The zero-order chi connectivity index (χ0) is 17.6. The smallest absolute Gasteiger partial charge is 0.322 e. The number of nitrogens with zero attached hydrogens (tertiary/aromatic N) is 1. The highest BCUT2D eigenvalue weighted by Crippen LogP contribution is 2.49. The average Bonchev–Trinajstić information content (AvgIpc) is 2.77. The zero-order valence-electron chi connectivity index (χ0n) is 10.7. The summed E-state index contributed by atoms with van der Waals surface area (Å²) in [6.45, 7) is 0. The fourth-order valence-corrected chi connectivity index (χ4v) is 1.93. The number of alkyl halides is 6. The molecule has 0 aromatic heterocycles. The van der Waals surface area contributed by atoms with E-state index in [2.05, 4.69) is 4.74 Å². The third-order valence-corrected chi connectivity index (χ3v) is 3.04. The number of hydrogen-bond donors (Lipinski definition) is 1. The summed E-state index contributed by atoms with van der Waals surface area (Å²) in [5.41, 5.74) is -5.67. The molecular formula is C11H6F6N2O4. The van der Waals surface area contributed by atoms with E-state index in [1.165, 1.54) is 0 Å². The van der Waals surface area contributed by atoms with E-state index in [1.807, 2.05) is 0 Å². The average molecular weight is 344 g/mol. The fourth-order valence-electron chi connectivity index (χ4n) is 1.93. The number of non-ortho nitro benzene ring substituents is 1. The highest BCUT2D eigenvalue weighted by molar-refractivity contribution is 5.85. The number of hydrogen-bond acceptors (Lipinski definition) is 4. The number of ether oxygens (including phenoxy) is 1. The number of benzene rings is 1. The van der Waals surface area contributed by atoms with Gasteiger partial charge in [0.1, 0.15) is 0 Å². The molecule has 2 rings (SSSR count). The molecule has 6 nitrogen and oxygen atoms in total. The van der Waals surface area contributed by atoms with Crippen LogP contribution >= 0.6 is 0 Å². The normalized spacial score (nSPS) is 21.1. The molecule has 0 bridgehead atoms. The Labute approximate surface area is 123 Å². The van der Waals surface area contributed by atoms with Crippen molar-refractivity contribution in [2.75, 3.05) is 0 Å². The van der Waals surface area contributed by atoms with E-state index in [0.717, 1.165) is 29.6 Å². The molecule has 1 fully saturated rings. The molecule has 1 aromatic carbocycles. The second-order valence-electron chi connectivity index (χ2n) is 4.51. The van der Waals surface area contributed by atoms with Crippen molar-refractivity contribution in [3.8, 4) is 0 Å². The van der Waals surface area contributed by atoms with Crippen molar-refractivity contribution in [2.24, 2.45) is 0 Å². The number of carbonyl (C=O) groups is 1. The van der Waals surface area contributed by atoms with Crippen LogP contribution in [0.15, 0.2) is 24.3 Å². The first-order chi connectivity index (χ1) is 10.4. The minimum Gasteiger partial charge on any atom is -0.322 e. The Morgan fingerprint density at radius 3 is 1.91 bits per heavy atom. The molecule has 1 aliphatic rings. The lowest BCUT2D eigenvalue weighted by Gasteiger charge is -2.32. The van der Waals surface area contributed by atoms with E-state index in [4.69, 9.17) is 0 Å². The van der Waals surface area contributed by atoms with Gasteiger partial charge in [-0.05, 0) is 17.7 Å². The summed E-state index contributed by atoms with van der Waals surface area (Å²) in [4.78, 5) is 21.2. The standard InChI is InChI=1S/C11H6F6N2O4/c12-10(13,14)9(11(15,16)17)18-8(20)7(23-9)5-1-3-6(4-2-5)19(21)22/h1-4,7H,(H,18,20). The van der Waals surface area contributed by atoms with Gasteiger partial charge in [-0.25, -0.2) is 0 Å². The molecule has 1 heterocycles. The quantitative estimate of drug-likeness (QED) is 0.508. The van der Waals surface area contributed by atoms with Crippen molar-refractivity contribution in [3.05, 3.63) is 39.9 Å². The molecule has 0 saturated carbocycles. The van der Waals surface area contributed by atoms with Crippen LogP contribution in [-0.4, -0.2) is 28.9 Å². The SMILES string of the molecule is O=C1NC(C(F)(F)F)(C(F)(F)F)OC1c1ccc([N+](=O)[O-])cc1. The third-order valence-electron chi connectivity index (χ3n) is 3.04. The predicted molar refractivity (Wildman–Crippen MR) is 59.9 cm³/mol. The van der Waals surface area contributed by atoms with Gasteiger partial charge in [0.25, 0.3) is 11.6 Å². The lowest BCUT2D eigenvalue weighted by Crippen LogP contribution is -2.64. The molecule has 126 valence electrons. The van der Waals surface area contributed by atoms with Crippen molar-refractivity contribution in [1.82, 2.24) is 5.32 Å². The lowest BCUT2D eigenvalue weighted by atomic mass is 10.1. The van der Waals surface area contributed by atoms with E-state index in [1.54, 1.807) is 0 Å². The molecular weight excluding hydrogens is 338 g/mol. The largest absolute Gasteiger partial charge is 0.446 e. The van der Waals surface area contributed by atoms with E-state index < -0.39 is 40.7 Å². The molecule has 0 aliphatic carbocycles. The summed E-state index contributed by atoms with van der Waals surface area (Å²) in [7, 11) is 0. The van der Waals surface area contributed by atoms with Crippen LogP contribution in [0.5, 0.6) is 0 Å². The minimum absolute atomic E-state index is 0.386. The number of halogens is 6. The molecule has 1 amide bonds. The Balaban J connectivity index is 2.40.